The van der Waals surface area contributed by atoms with E-state index >= 15 is 0 Å². The van der Waals surface area contributed by atoms with E-state index in [-0.39, 0.29) is 18.0 Å². The second kappa shape index (κ2) is 10.4. The van der Waals surface area contributed by atoms with Crippen molar-refractivity contribution in [1.82, 2.24) is 0 Å². The van der Waals surface area contributed by atoms with Gasteiger partial charge in [0, 0.05) is 6.61 Å². The fourth-order valence-corrected chi connectivity index (χ4v) is 3.21. The van der Waals surface area contributed by atoms with Gasteiger partial charge >= 0.3 is 5.97 Å². The molecule has 0 N–H and O–H groups in total. The lowest BCUT2D eigenvalue weighted by Crippen LogP contribution is -2.23. The van der Waals surface area contributed by atoms with Crippen LogP contribution in [0.5, 0.6) is 0 Å². The minimum absolute atomic E-state index is 0.277. The molecular weight excluding hydrogens is 348 g/mol. The number of carbonyl (C=O) groups excluding carboxylic acids is 1. The molecule has 0 saturated heterocycles. The molecule has 0 bridgehead atoms. The van der Waals surface area contributed by atoms with E-state index in [0.717, 1.165) is 17.5 Å². The van der Waals surface area contributed by atoms with E-state index in [9.17, 15) is 4.79 Å². The van der Waals surface area contributed by atoms with Crippen molar-refractivity contribution in [3.05, 3.63) is 60.2 Å². The van der Waals surface area contributed by atoms with Gasteiger partial charge in [-0.25, -0.2) is 4.79 Å². The summed E-state index contributed by atoms with van der Waals surface area (Å²) in [6.07, 6.45) is 1.12. The van der Waals surface area contributed by atoms with Crippen LogP contribution in [-0.2, 0) is 9.47 Å². The number of carbonyl (C=O) groups is 1. The first-order valence-corrected chi connectivity index (χ1v) is 10.2. The van der Waals surface area contributed by atoms with Crippen molar-refractivity contribution in [2.24, 2.45) is 17.3 Å². The molecule has 152 valence electrons. The van der Waals surface area contributed by atoms with E-state index in [4.69, 9.17) is 9.47 Å². The fourth-order valence-electron chi connectivity index (χ4n) is 3.21. The molecule has 0 aromatic heterocycles. The standard InChI is InChI=1S/C25H34O3/c1-19(2)23(17-25(3,4)5)18-27-15-16-28-24(26)22-13-11-21(12-14-22)20-9-7-6-8-10-20/h6-14,19,23H,15-18H2,1-5H3. The first-order valence-electron chi connectivity index (χ1n) is 10.2. The number of ether oxygens (including phenoxy) is 2. The van der Waals surface area contributed by atoms with Crippen LogP contribution in [0.25, 0.3) is 11.1 Å². The lowest BCUT2D eigenvalue weighted by atomic mass is 9.80. The highest BCUT2D eigenvalue weighted by Gasteiger charge is 2.21. The highest BCUT2D eigenvalue weighted by atomic mass is 16.6. The predicted octanol–water partition coefficient (Wildman–Crippen LogP) is 6.24. The molecule has 2 rings (SSSR count). The van der Waals surface area contributed by atoms with E-state index in [1.54, 1.807) is 0 Å². The molecule has 0 heterocycles. The molecule has 0 aliphatic heterocycles. The van der Waals surface area contributed by atoms with Crippen molar-refractivity contribution in [2.45, 2.75) is 41.0 Å². The average molecular weight is 383 g/mol. The summed E-state index contributed by atoms with van der Waals surface area (Å²) in [5.41, 5.74) is 3.06. The molecule has 3 nitrogen and oxygen atoms in total. The van der Waals surface area contributed by atoms with Gasteiger partial charge in [-0.2, -0.15) is 0 Å². The lowest BCUT2D eigenvalue weighted by Gasteiger charge is -2.28. The largest absolute Gasteiger partial charge is 0.460 e. The molecule has 0 amide bonds. The Hall–Kier alpha value is -2.13. The Morgan fingerprint density at radius 1 is 0.893 bits per heavy atom. The van der Waals surface area contributed by atoms with Crippen molar-refractivity contribution in [2.75, 3.05) is 19.8 Å². The maximum Gasteiger partial charge on any atom is 0.338 e. The van der Waals surface area contributed by atoms with E-state index in [2.05, 4.69) is 46.8 Å². The first-order chi connectivity index (χ1) is 13.3. The molecule has 0 spiro atoms. The summed E-state index contributed by atoms with van der Waals surface area (Å²) in [5.74, 6) is 0.782. The molecule has 0 fully saturated rings. The van der Waals surface area contributed by atoms with Gasteiger partial charge in [0.15, 0.2) is 0 Å². The van der Waals surface area contributed by atoms with Gasteiger partial charge < -0.3 is 9.47 Å². The summed E-state index contributed by atoms with van der Waals surface area (Å²) < 4.78 is 11.1. The third-order valence-corrected chi connectivity index (χ3v) is 4.84. The maximum absolute atomic E-state index is 12.2. The monoisotopic (exact) mass is 382 g/mol. The van der Waals surface area contributed by atoms with Gasteiger partial charge in [-0.1, -0.05) is 77.1 Å². The summed E-state index contributed by atoms with van der Waals surface area (Å²) in [6, 6.07) is 17.6. The van der Waals surface area contributed by atoms with Crippen molar-refractivity contribution in [1.29, 1.82) is 0 Å². The highest BCUT2D eigenvalue weighted by Crippen LogP contribution is 2.29. The summed E-state index contributed by atoms with van der Waals surface area (Å²) >= 11 is 0. The Labute approximate surface area is 170 Å². The highest BCUT2D eigenvalue weighted by molar-refractivity contribution is 5.90. The molecule has 1 unspecified atom stereocenters. The van der Waals surface area contributed by atoms with Crippen LogP contribution < -0.4 is 0 Å². The van der Waals surface area contributed by atoms with E-state index in [1.165, 1.54) is 0 Å². The van der Waals surface area contributed by atoms with Crippen LogP contribution in [0.15, 0.2) is 54.6 Å². The van der Waals surface area contributed by atoms with Crippen LogP contribution >= 0.6 is 0 Å². The minimum Gasteiger partial charge on any atom is -0.460 e. The van der Waals surface area contributed by atoms with Crippen molar-refractivity contribution in [3.63, 3.8) is 0 Å². The van der Waals surface area contributed by atoms with E-state index in [1.807, 2.05) is 42.5 Å². The molecule has 0 saturated carbocycles. The zero-order valence-electron chi connectivity index (χ0n) is 17.9. The van der Waals surface area contributed by atoms with Gasteiger partial charge in [-0.05, 0) is 46.9 Å². The fraction of sp³-hybridized carbons (Fsp3) is 0.480. The summed E-state index contributed by atoms with van der Waals surface area (Å²) in [6.45, 7) is 12.7. The third-order valence-electron chi connectivity index (χ3n) is 4.84. The van der Waals surface area contributed by atoms with Gasteiger partial charge in [0.05, 0.1) is 12.2 Å². The van der Waals surface area contributed by atoms with Gasteiger partial charge in [0.2, 0.25) is 0 Å². The molecule has 3 heteroatoms. The van der Waals surface area contributed by atoms with Crippen LogP contribution in [0, 0.1) is 17.3 Å². The van der Waals surface area contributed by atoms with Gasteiger partial charge in [-0.3, -0.25) is 0 Å². The summed E-state index contributed by atoms with van der Waals surface area (Å²) in [7, 11) is 0. The van der Waals surface area contributed by atoms with Crippen LogP contribution in [0.4, 0.5) is 0 Å². The van der Waals surface area contributed by atoms with Crippen LogP contribution in [0.1, 0.15) is 51.4 Å². The molecule has 0 aliphatic carbocycles. The van der Waals surface area contributed by atoms with Crippen LogP contribution in [-0.4, -0.2) is 25.8 Å². The normalized spacial score (nSPS) is 12.8. The van der Waals surface area contributed by atoms with E-state index in [0.29, 0.717) is 30.6 Å². The topological polar surface area (TPSA) is 35.5 Å². The first kappa shape index (κ1) is 22.2. The number of hydrogen-bond acceptors (Lipinski definition) is 3. The molecule has 1 atom stereocenters. The molecule has 2 aromatic rings. The molecule has 0 radical (unpaired) electrons. The number of rotatable bonds is 9. The molecule has 0 aliphatic rings. The molecule has 28 heavy (non-hydrogen) atoms. The molecular formula is C25H34O3. The van der Waals surface area contributed by atoms with Gasteiger partial charge in [0.1, 0.15) is 6.61 Å². The smallest absolute Gasteiger partial charge is 0.338 e. The molecule has 2 aromatic carbocycles. The number of esters is 1. The van der Waals surface area contributed by atoms with Crippen molar-refractivity contribution >= 4 is 5.97 Å². The zero-order valence-corrected chi connectivity index (χ0v) is 17.9. The number of hydrogen-bond donors (Lipinski definition) is 0. The number of benzene rings is 2. The SMILES string of the molecule is CC(C)C(COCCOC(=O)c1ccc(-c2ccccc2)cc1)CC(C)(C)C. The van der Waals surface area contributed by atoms with Crippen LogP contribution in [0.3, 0.4) is 0 Å². The lowest BCUT2D eigenvalue weighted by molar-refractivity contribution is 0.0172. The minimum atomic E-state index is -0.307. The summed E-state index contributed by atoms with van der Waals surface area (Å²) in [4.78, 5) is 12.2. The Morgan fingerprint density at radius 3 is 2.07 bits per heavy atom. The second-order valence-electron chi connectivity index (χ2n) is 8.92. The second-order valence-corrected chi connectivity index (χ2v) is 8.92. The van der Waals surface area contributed by atoms with Crippen molar-refractivity contribution in [3.8, 4) is 11.1 Å². The van der Waals surface area contributed by atoms with Crippen molar-refractivity contribution < 1.29 is 14.3 Å². The van der Waals surface area contributed by atoms with Gasteiger partial charge in [-0.15, -0.1) is 0 Å². The Bertz CT molecular complexity index is 712. The quantitative estimate of drug-likeness (QED) is 0.381. The van der Waals surface area contributed by atoms with Crippen LogP contribution in [0.2, 0.25) is 0 Å². The Morgan fingerprint density at radius 2 is 1.50 bits per heavy atom. The average Bonchev–Trinajstić information content (AvgIpc) is 2.66. The third kappa shape index (κ3) is 7.47. The predicted molar refractivity (Wildman–Crippen MR) is 115 cm³/mol. The van der Waals surface area contributed by atoms with E-state index < -0.39 is 0 Å². The summed E-state index contributed by atoms with van der Waals surface area (Å²) in [5, 5.41) is 0. The van der Waals surface area contributed by atoms with Gasteiger partial charge in [0.25, 0.3) is 0 Å². The maximum atomic E-state index is 12.2. The zero-order chi connectivity index (χ0) is 20.6. The Kier molecular flexibility index (Phi) is 8.25. The Balaban J connectivity index is 1.75.